The van der Waals surface area contributed by atoms with Gasteiger partial charge in [0.05, 0.1) is 15.5 Å². The van der Waals surface area contributed by atoms with E-state index in [9.17, 15) is 14.9 Å². The fraction of sp³-hybridized carbons (Fsp3) is 0.350. The number of nitro benzene ring substituents is 1. The van der Waals surface area contributed by atoms with E-state index in [4.69, 9.17) is 16.3 Å². The van der Waals surface area contributed by atoms with Crippen molar-refractivity contribution in [2.45, 2.75) is 31.3 Å². The van der Waals surface area contributed by atoms with Crippen molar-refractivity contribution in [3.8, 4) is 5.75 Å². The smallest absolute Gasteiger partial charge is 0.270 e. The molecule has 0 radical (unpaired) electrons. The van der Waals surface area contributed by atoms with E-state index in [-0.39, 0.29) is 27.8 Å². The van der Waals surface area contributed by atoms with Crippen LogP contribution < -0.4 is 4.74 Å². The van der Waals surface area contributed by atoms with Crippen LogP contribution >= 0.6 is 11.6 Å². The van der Waals surface area contributed by atoms with Crippen LogP contribution in [0.1, 0.15) is 35.2 Å². The van der Waals surface area contributed by atoms with Crippen molar-refractivity contribution >= 4 is 23.2 Å². The number of fused-ring (bicyclic) bond motifs is 1. The largest absolute Gasteiger partial charge is 0.487 e. The average molecular weight is 387 g/mol. The summed E-state index contributed by atoms with van der Waals surface area (Å²) in [5.41, 5.74) is 1.03. The minimum Gasteiger partial charge on any atom is -0.487 e. The highest BCUT2D eigenvalue weighted by molar-refractivity contribution is 6.33. The summed E-state index contributed by atoms with van der Waals surface area (Å²) in [5.74, 6) is 0.667. The molecular weight excluding hydrogens is 368 g/mol. The van der Waals surface area contributed by atoms with Gasteiger partial charge in [-0.05, 0) is 30.5 Å². The van der Waals surface area contributed by atoms with E-state index >= 15 is 0 Å². The summed E-state index contributed by atoms with van der Waals surface area (Å²) in [6, 6.07) is 12.0. The van der Waals surface area contributed by atoms with E-state index in [0.29, 0.717) is 13.1 Å². The number of non-ortho nitro benzene ring substituents is 1. The van der Waals surface area contributed by atoms with Crippen molar-refractivity contribution in [2.24, 2.45) is 0 Å². The summed E-state index contributed by atoms with van der Waals surface area (Å²) in [7, 11) is 0. The zero-order valence-corrected chi connectivity index (χ0v) is 15.4. The van der Waals surface area contributed by atoms with Crippen LogP contribution in [0.5, 0.6) is 5.75 Å². The van der Waals surface area contributed by atoms with Gasteiger partial charge in [-0.1, -0.05) is 29.8 Å². The average Bonchev–Trinajstić information content (AvgIpc) is 2.68. The number of nitro groups is 1. The maximum absolute atomic E-state index is 12.8. The number of halogens is 1. The number of rotatable bonds is 2. The first kappa shape index (κ1) is 17.8. The van der Waals surface area contributed by atoms with Crippen molar-refractivity contribution in [1.82, 2.24) is 4.90 Å². The first-order chi connectivity index (χ1) is 13.0. The number of hydrogen-bond acceptors (Lipinski definition) is 4. The Morgan fingerprint density at radius 1 is 1.15 bits per heavy atom. The van der Waals surface area contributed by atoms with Crippen LogP contribution in [0.4, 0.5) is 5.69 Å². The van der Waals surface area contributed by atoms with Crippen molar-refractivity contribution in [1.29, 1.82) is 0 Å². The van der Waals surface area contributed by atoms with Crippen LogP contribution in [-0.4, -0.2) is 34.4 Å². The second kappa shape index (κ2) is 6.85. The van der Waals surface area contributed by atoms with Gasteiger partial charge in [0, 0.05) is 38.1 Å². The fourth-order valence-corrected chi connectivity index (χ4v) is 4.09. The van der Waals surface area contributed by atoms with Gasteiger partial charge in [0.25, 0.3) is 11.6 Å². The van der Waals surface area contributed by atoms with E-state index in [1.165, 1.54) is 23.8 Å². The molecule has 1 fully saturated rings. The molecular formula is C20H19ClN2O4. The quantitative estimate of drug-likeness (QED) is 0.571. The Bertz CT molecular complexity index is 907. The van der Waals surface area contributed by atoms with Gasteiger partial charge >= 0.3 is 0 Å². The molecule has 140 valence electrons. The predicted octanol–water partition coefficient (Wildman–Crippen LogP) is 4.25. The van der Waals surface area contributed by atoms with Crippen molar-refractivity contribution < 1.29 is 14.5 Å². The summed E-state index contributed by atoms with van der Waals surface area (Å²) < 4.78 is 6.32. The lowest BCUT2D eigenvalue weighted by molar-refractivity contribution is -0.384. The van der Waals surface area contributed by atoms with Gasteiger partial charge in [-0.2, -0.15) is 0 Å². The molecule has 0 bridgehead atoms. The van der Waals surface area contributed by atoms with Gasteiger partial charge in [0.1, 0.15) is 11.4 Å². The molecule has 1 amide bonds. The molecule has 0 aromatic heterocycles. The standard InChI is InChI=1S/C20H19ClN2O4/c21-17-6-5-15(23(25)26)13-16(17)19(24)22-11-9-20(10-12-22)8-7-14-3-1-2-4-18(14)27-20/h1-6,13H,7-12H2. The summed E-state index contributed by atoms with van der Waals surface area (Å²) in [6.45, 7) is 1.08. The molecule has 0 aliphatic carbocycles. The zero-order chi connectivity index (χ0) is 19.0. The monoisotopic (exact) mass is 386 g/mol. The van der Waals surface area contributed by atoms with Gasteiger partial charge < -0.3 is 9.64 Å². The molecule has 0 unspecified atom stereocenters. The van der Waals surface area contributed by atoms with E-state index in [1.54, 1.807) is 4.90 Å². The summed E-state index contributed by atoms with van der Waals surface area (Å²) in [6.07, 6.45) is 3.38. The van der Waals surface area contributed by atoms with Crippen LogP contribution in [0.15, 0.2) is 42.5 Å². The number of carbonyl (C=O) groups is 1. The molecule has 2 aliphatic heterocycles. The number of nitrogens with zero attached hydrogens (tertiary/aromatic N) is 2. The highest BCUT2D eigenvalue weighted by Crippen LogP contribution is 2.39. The summed E-state index contributed by atoms with van der Waals surface area (Å²) in [4.78, 5) is 25.0. The molecule has 6 nitrogen and oxygen atoms in total. The fourth-order valence-electron chi connectivity index (χ4n) is 3.89. The molecule has 27 heavy (non-hydrogen) atoms. The number of hydrogen-bond donors (Lipinski definition) is 0. The van der Waals surface area contributed by atoms with Gasteiger partial charge in [-0.3, -0.25) is 14.9 Å². The lowest BCUT2D eigenvalue weighted by Crippen LogP contribution is -2.51. The molecule has 0 N–H and O–H groups in total. The number of aryl methyl sites for hydroxylation is 1. The third-order valence-electron chi connectivity index (χ3n) is 5.50. The normalized spacial score (nSPS) is 17.9. The topological polar surface area (TPSA) is 72.7 Å². The zero-order valence-electron chi connectivity index (χ0n) is 14.7. The number of benzene rings is 2. The third-order valence-corrected chi connectivity index (χ3v) is 5.83. The van der Waals surface area contributed by atoms with Crippen LogP contribution in [0, 0.1) is 10.1 Å². The molecule has 1 spiro atoms. The highest BCUT2D eigenvalue weighted by atomic mass is 35.5. The Hall–Kier alpha value is -2.60. The molecule has 2 aromatic carbocycles. The Kier molecular flexibility index (Phi) is 4.52. The van der Waals surface area contributed by atoms with Crippen LogP contribution in [-0.2, 0) is 6.42 Å². The Morgan fingerprint density at radius 3 is 2.63 bits per heavy atom. The summed E-state index contributed by atoms with van der Waals surface area (Å²) in [5, 5.41) is 11.2. The van der Waals surface area contributed by atoms with E-state index in [1.807, 2.05) is 18.2 Å². The molecule has 0 saturated carbocycles. The van der Waals surface area contributed by atoms with Crippen LogP contribution in [0.3, 0.4) is 0 Å². The highest BCUT2D eigenvalue weighted by Gasteiger charge is 2.40. The molecule has 4 rings (SSSR count). The van der Waals surface area contributed by atoms with Crippen LogP contribution in [0.2, 0.25) is 5.02 Å². The number of para-hydroxylation sites is 1. The van der Waals surface area contributed by atoms with Gasteiger partial charge in [-0.15, -0.1) is 0 Å². The number of amides is 1. The molecule has 1 saturated heterocycles. The van der Waals surface area contributed by atoms with Gasteiger partial charge in [0.2, 0.25) is 0 Å². The summed E-state index contributed by atoms with van der Waals surface area (Å²) >= 11 is 6.12. The van der Waals surface area contributed by atoms with Crippen LogP contribution in [0.25, 0.3) is 0 Å². The molecule has 0 atom stereocenters. The second-order valence-corrected chi connectivity index (χ2v) is 7.51. The second-order valence-electron chi connectivity index (χ2n) is 7.11. The minimum atomic E-state index is -0.522. The lowest BCUT2D eigenvalue weighted by Gasteiger charge is -2.44. The minimum absolute atomic E-state index is 0.136. The molecule has 2 aromatic rings. The van der Waals surface area contributed by atoms with E-state index in [2.05, 4.69) is 6.07 Å². The first-order valence-corrected chi connectivity index (χ1v) is 9.35. The Morgan fingerprint density at radius 2 is 1.89 bits per heavy atom. The molecule has 7 heteroatoms. The number of piperidine rings is 1. The van der Waals surface area contributed by atoms with Crippen molar-refractivity contribution in [3.63, 3.8) is 0 Å². The number of ether oxygens (including phenoxy) is 1. The molecule has 2 heterocycles. The molecule has 2 aliphatic rings. The lowest BCUT2D eigenvalue weighted by atomic mass is 9.83. The Balaban J connectivity index is 1.48. The van der Waals surface area contributed by atoms with Crippen molar-refractivity contribution in [3.05, 3.63) is 68.7 Å². The van der Waals surface area contributed by atoms with Crippen molar-refractivity contribution in [2.75, 3.05) is 13.1 Å². The number of carbonyl (C=O) groups excluding carboxylic acids is 1. The maximum Gasteiger partial charge on any atom is 0.270 e. The SMILES string of the molecule is O=C(c1cc([N+](=O)[O-])ccc1Cl)N1CCC2(CCc3ccccc3O2)CC1. The van der Waals surface area contributed by atoms with Gasteiger partial charge in [0.15, 0.2) is 0 Å². The Labute approximate surface area is 161 Å². The number of likely N-dealkylation sites (tertiary alicyclic amines) is 1. The van der Waals surface area contributed by atoms with E-state index < -0.39 is 4.92 Å². The van der Waals surface area contributed by atoms with E-state index in [0.717, 1.165) is 31.4 Å². The van der Waals surface area contributed by atoms with Gasteiger partial charge in [-0.25, -0.2) is 0 Å². The first-order valence-electron chi connectivity index (χ1n) is 8.98. The maximum atomic E-state index is 12.8. The predicted molar refractivity (Wildman–Crippen MR) is 101 cm³/mol. The third kappa shape index (κ3) is 3.37.